The van der Waals surface area contributed by atoms with Crippen molar-refractivity contribution in [1.29, 1.82) is 0 Å². The third kappa shape index (κ3) is 8.04. The van der Waals surface area contributed by atoms with Crippen molar-refractivity contribution in [1.82, 2.24) is 5.32 Å². The second-order valence-electron chi connectivity index (χ2n) is 4.02. The van der Waals surface area contributed by atoms with Gasteiger partial charge in [-0.2, -0.15) is 0 Å². The maximum absolute atomic E-state index is 3.36. The Morgan fingerprint density at radius 2 is 1.92 bits per heavy atom. The summed E-state index contributed by atoms with van der Waals surface area (Å²) >= 11 is 0. The molecule has 13 heavy (non-hydrogen) atoms. The fourth-order valence-electron chi connectivity index (χ4n) is 1.45. The van der Waals surface area contributed by atoms with Gasteiger partial charge < -0.3 is 5.32 Å². The monoisotopic (exact) mass is 183 g/mol. The highest BCUT2D eigenvalue weighted by Crippen LogP contribution is 2.05. The molecule has 0 aliphatic carbocycles. The van der Waals surface area contributed by atoms with Crippen molar-refractivity contribution in [2.24, 2.45) is 5.92 Å². The van der Waals surface area contributed by atoms with Crippen LogP contribution in [-0.4, -0.2) is 13.1 Å². The predicted octanol–water partition coefficient (Wildman–Crippen LogP) is 3.37. The summed E-state index contributed by atoms with van der Waals surface area (Å²) in [5.74, 6) is 0.694. The molecule has 0 bridgehead atoms. The molecule has 0 amide bonds. The lowest BCUT2D eigenvalue weighted by Gasteiger charge is -2.13. The molecule has 0 rings (SSSR count). The van der Waals surface area contributed by atoms with E-state index in [1.807, 2.05) is 0 Å². The summed E-state index contributed by atoms with van der Waals surface area (Å²) in [5, 5.41) is 3.36. The van der Waals surface area contributed by atoms with Crippen LogP contribution in [0, 0.1) is 5.92 Å². The van der Waals surface area contributed by atoms with E-state index in [0.717, 1.165) is 0 Å². The molecule has 0 heterocycles. The van der Waals surface area contributed by atoms with Gasteiger partial charge in [0.1, 0.15) is 0 Å². The average molecular weight is 183 g/mol. The molecule has 0 fully saturated rings. The van der Waals surface area contributed by atoms with Crippen molar-refractivity contribution in [2.75, 3.05) is 7.05 Å². The third-order valence-electron chi connectivity index (χ3n) is 2.25. The van der Waals surface area contributed by atoms with Gasteiger partial charge in [-0.05, 0) is 32.2 Å². The number of nitrogens with one attached hydrogen (secondary N) is 1. The quantitative estimate of drug-likeness (QED) is 0.597. The number of hydrogen-bond donors (Lipinski definition) is 1. The largest absolute Gasteiger partial charge is 0.317 e. The van der Waals surface area contributed by atoms with Crippen LogP contribution in [0.25, 0.3) is 0 Å². The molecule has 0 aromatic heterocycles. The summed E-state index contributed by atoms with van der Waals surface area (Å²) < 4.78 is 0. The molecule has 0 aromatic carbocycles. The van der Waals surface area contributed by atoms with Crippen molar-refractivity contribution in [3.8, 4) is 0 Å². The summed E-state index contributed by atoms with van der Waals surface area (Å²) in [6, 6.07) is 0.710. The minimum Gasteiger partial charge on any atom is -0.317 e. The summed E-state index contributed by atoms with van der Waals surface area (Å²) in [5.41, 5.74) is 0. The highest BCUT2D eigenvalue weighted by atomic mass is 14.9. The normalized spacial score (nSPS) is 14.2. The zero-order valence-corrected chi connectivity index (χ0v) is 9.64. The van der Waals surface area contributed by atoms with Gasteiger partial charge in [0.2, 0.25) is 0 Å². The Hall–Kier alpha value is -0.300. The van der Waals surface area contributed by atoms with E-state index in [2.05, 4.69) is 45.3 Å². The lowest BCUT2D eigenvalue weighted by Crippen LogP contribution is -2.24. The first-order valence-electron chi connectivity index (χ1n) is 5.54. The molecule has 0 saturated carbocycles. The Balaban J connectivity index is 3.48. The van der Waals surface area contributed by atoms with Crippen molar-refractivity contribution in [3.63, 3.8) is 0 Å². The molecular weight excluding hydrogens is 158 g/mol. The predicted molar refractivity (Wildman–Crippen MR) is 61.0 cm³/mol. The highest BCUT2D eigenvalue weighted by molar-refractivity contribution is 4.85. The van der Waals surface area contributed by atoms with Crippen LogP contribution in [0.4, 0.5) is 0 Å². The van der Waals surface area contributed by atoms with Crippen LogP contribution >= 0.6 is 0 Å². The SMILES string of the molecule is CCCC(CC/C=C\C(C)C)NC. The Morgan fingerprint density at radius 3 is 2.38 bits per heavy atom. The van der Waals surface area contributed by atoms with Gasteiger partial charge in [-0.1, -0.05) is 39.3 Å². The molecular formula is C12H25N. The van der Waals surface area contributed by atoms with Gasteiger partial charge >= 0.3 is 0 Å². The summed E-state index contributed by atoms with van der Waals surface area (Å²) in [6.45, 7) is 6.69. The van der Waals surface area contributed by atoms with E-state index in [-0.39, 0.29) is 0 Å². The van der Waals surface area contributed by atoms with Crippen LogP contribution in [0.3, 0.4) is 0 Å². The van der Waals surface area contributed by atoms with E-state index in [1.165, 1.54) is 25.7 Å². The van der Waals surface area contributed by atoms with Gasteiger partial charge in [0.25, 0.3) is 0 Å². The molecule has 0 spiro atoms. The van der Waals surface area contributed by atoms with E-state index in [0.29, 0.717) is 12.0 Å². The summed E-state index contributed by atoms with van der Waals surface area (Å²) in [6.07, 6.45) is 9.66. The zero-order valence-electron chi connectivity index (χ0n) is 9.64. The van der Waals surface area contributed by atoms with Crippen LogP contribution in [0.15, 0.2) is 12.2 Å². The lowest BCUT2D eigenvalue weighted by molar-refractivity contribution is 0.487. The Bertz CT molecular complexity index is 127. The third-order valence-corrected chi connectivity index (χ3v) is 2.25. The van der Waals surface area contributed by atoms with Crippen molar-refractivity contribution in [2.45, 2.75) is 52.5 Å². The second kappa shape index (κ2) is 8.31. The molecule has 0 saturated heterocycles. The molecule has 1 heteroatoms. The van der Waals surface area contributed by atoms with Gasteiger partial charge in [0.15, 0.2) is 0 Å². The second-order valence-corrected chi connectivity index (χ2v) is 4.02. The topological polar surface area (TPSA) is 12.0 Å². The van der Waals surface area contributed by atoms with Gasteiger partial charge in [-0.3, -0.25) is 0 Å². The first kappa shape index (κ1) is 12.7. The molecule has 1 nitrogen and oxygen atoms in total. The number of hydrogen-bond acceptors (Lipinski definition) is 1. The van der Waals surface area contributed by atoms with Crippen LogP contribution in [0.2, 0.25) is 0 Å². The Morgan fingerprint density at radius 1 is 1.23 bits per heavy atom. The minimum absolute atomic E-state index is 0.694. The van der Waals surface area contributed by atoms with Crippen LogP contribution in [0.1, 0.15) is 46.5 Å². The molecule has 0 radical (unpaired) electrons. The first-order chi connectivity index (χ1) is 6.20. The number of allylic oxidation sites excluding steroid dienone is 2. The van der Waals surface area contributed by atoms with E-state index in [4.69, 9.17) is 0 Å². The van der Waals surface area contributed by atoms with E-state index in [1.54, 1.807) is 0 Å². The van der Waals surface area contributed by atoms with Crippen LogP contribution in [0.5, 0.6) is 0 Å². The summed E-state index contributed by atoms with van der Waals surface area (Å²) in [7, 11) is 2.06. The van der Waals surface area contributed by atoms with Crippen molar-refractivity contribution >= 4 is 0 Å². The molecule has 1 N–H and O–H groups in total. The highest BCUT2D eigenvalue weighted by Gasteiger charge is 2.01. The van der Waals surface area contributed by atoms with Gasteiger partial charge in [-0.25, -0.2) is 0 Å². The maximum atomic E-state index is 3.36. The molecule has 0 aliphatic heterocycles. The van der Waals surface area contributed by atoms with Gasteiger partial charge in [0.05, 0.1) is 0 Å². The number of rotatable bonds is 7. The molecule has 1 atom stereocenters. The van der Waals surface area contributed by atoms with Crippen LogP contribution < -0.4 is 5.32 Å². The zero-order chi connectivity index (χ0) is 10.1. The Labute approximate surface area is 83.6 Å². The minimum atomic E-state index is 0.694. The fraction of sp³-hybridized carbons (Fsp3) is 0.833. The first-order valence-corrected chi connectivity index (χ1v) is 5.54. The smallest absolute Gasteiger partial charge is 0.00669 e. The van der Waals surface area contributed by atoms with E-state index < -0.39 is 0 Å². The van der Waals surface area contributed by atoms with Crippen molar-refractivity contribution < 1.29 is 0 Å². The van der Waals surface area contributed by atoms with Crippen molar-refractivity contribution in [3.05, 3.63) is 12.2 Å². The average Bonchev–Trinajstić information content (AvgIpc) is 2.10. The van der Waals surface area contributed by atoms with Crippen LogP contribution in [-0.2, 0) is 0 Å². The Kier molecular flexibility index (Phi) is 8.11. The summed E-state index contributed by atoms with van der Waals surface area (Å²) in [4.78, 5) is 0. The molecule has 78 valence electrons. The van der Waals surface area contributed by atoms with E-state index >= 15 is 0 Å². The molecule has 0 aromatic rings. The maximum Gasteiger partial charge on any atom is 0.00669 e. The molecule has 0 aliphatic rings. The standard InChI is InChI=1S/C12H25N/c1-5-8-12(13-4)10-7-6-9-11(2)3/h6,9,11-13H,5,7-8,10H2,1-4H3/b9-6-. The molecule has 1 unspecified atom stereocenters. The van der Waals surface area contributed by atoms with Gasteiger partial charge in [-0.15, -0.1) is 0 Å². The fourth-order valence-corrected chi connectivity index (χ4v) is 1.45. The van der Waals surface area contributed by atoms with Gasteiger partial charge in [0, 0.05) is 6.04 Å². The lowest BCUT2D eigenvalue weighted by atomic mass is 10.1. The van der Waals surface area contributed by atoms with E-state index in [9.17, 15) is 0 Å².